The Bertz CT molecular complexity index is 311. The van der Waals surface area contributed by atoms with Crippen LogP contribution in [0.5, 0.6) is 0 Å². The number of rotatable bonds is 3. The first-order valence-corrected chi connectivity index (χ1v) is 6.53. The minimum atomic E-state index is -0.370. The normalized spacial score (nSPS) is 19.7. The number of aliphatic hydroxyl groups is 1. The van der Waals surface area contributed by atoms with Gasteiger partial charge < -0.3 is 10.8 Å². The van der Waals surface area contributed by atoms with Crippen molar-refractivity contribution in [3.8, 4) is 0 Å². The number of hydrogen-bond donors (Lipinski definition) is 2. The van der Waals surface area contributed by atoms with E-state index < -0.39 is 0 Å². The number of nitrogens with two attached hydrogens (primary N) is 1. The highest BCUT2D eigenvalue weighted by Gasteiger charge is 2.20. The summed E-state index contributed by atoms with van der Waals surface area (Å²) in [6.07, 6.45) is 4.62. The summed E-state index contributed by atoms with van der Waals surface area (Å²) in [5, 5.41) is 10.1. The summed E-state index contributed by atoms with van der Waals surface area (Å²) in [4.78, 5) is 2.60. The molecule has 0 spiro atoms. The first-order valence-electron chi connectivity index (χ1n) is 5.72. The van der Waals surface area contributed by atoms with Gasteiger partial charge in [0, 0.05) is 9.75 Å². The summed E-state index contributed by atoms with van der Waals surface area (Å²) in [6.45, 7) is 2.55. The van der Waals surface area contributed by atoms with E-state index in [1.54, 1.807) is 11.3 Å². The molecule has 1 aromatic heterocycles. The maximum absolute atomic E-state index is 10.1. The van der Waals surface area contributed by atoms with E-state index in [0.29, 0.717) is 6.54 Å². The fraction of sp³-hybridized carbons (Fsp3) is 0.667. The SMILES string of the molecule is CC(CN)C(O)c1cc2c(s1)CCCC2. The number of aliphatic hydroxyl groups excluding tert-OH is 1. The van der Waals surface area contributed by atoms with Crippen LogP contribution in [0.3, 0.4) is 0 Å². The molecule has 2 nitrogen and oxygen atoms in total. The lowest BCUT2D eigenvalue weighted by atomic mass is 9.97. The number of aryl methyl sites for hydroxylation is 2. The fourth-order valence-electron chi connectivity index (χ4n) is 2.07. The highest BCUT2D eigenvalue weighted by Crippen LogP contribution is 2.35. The van der Waals surface area contributed by atoms with Crippen molar-refractivity contribution in [2.24, 2.45) is 11.7 Å². The molecule has 0 saturated heterocycles. The molecular weight excluding hydrogens is 206 g/mol. The third kappa shape index (κ3) is 2.25. The van der Waals surface area contributed by atoms with Crippen LogP contribution in [-0.4, -0.2) is 11.7 Å². The van der Waals surface area contributed by atoms with Crippen molar-refractivity contribution >= 4 is 11.3 Å². The Morgan fingerprint density at radius 1 is 1.47 bits per heavy atom. The van der Waals surface area contributed by atoms with Crippen LogP contribution in [0.4, 0.5) is 0 Å². The smallest absolute Gasteiger partial charge is 0.0919 e. The molecule has 84 valence electrons. The van der Waals surface area contributed by atoms with Crippen LogP contribution >= 0.6 is 11.3 Å². The zero-order valence-corrected chi connectivity index (χ0v) is 10.0. The molecule has 0 bridgehead atoms. The molecule has 2 unspecified atom stereocenters. The Hall–Kier alpha value is -0.380. The van der Waals surface area contributed by atoms with E-state index >= 15 is 0 Å². The predicted octanol–water partition coefficient (Wildman–Crippen LogP) is 2.26. The highest BCUT2D eigenvalue weighted by molar-refractivity contribution is 7.12. The van der Waals surface area contributed by atoms with Gasteiger partial charge in [0.05, 0.1) is 6.10 Å². The van der Waals surface area contributed by atoms with Crippen LogP contribution in [-0.2, 0) is 12.8 Å². The molecule has 2 rings (SSSR count). The van der Waals surface area contributed by atoms with Crippen molar-refractivity contribution in [2.45, 2.75) is 38.7 Å². The lowest BCUT2D eigenvalue weighted by Crippen LogP contribution is -2.18. The molecule has 0 saturated carbocycles. The van der Waals surface area contributed by atoms with E-state index in [1.807, 2.05) is 6.92 Å². The van der Waals surface area contributed by atoms with Crippen molar-refractivity contribution in [1.82, 2.24) is 0 Å². The van der Waals surface area contributed by atoms with Gasteiger partial charge in [-0.3, -0.25) is 0 Å². The van der Waals surface area contributed by atoms with Gasteiger partial charge in [0.15, 0.2) is 0 Å². The van der Waals surface area contributed by atoms with Gasteiger partial charge in [0.1, 0.15) is 0 Å². The number of hydrogen-bond acceptors (Lipinski definition) is 3. The van der Waals surface area contributed by atoms with E-state index in [1.165, 1.54) is 36.1 Å². The van der Waals surface area contributed by atoms with Gasteiger partial charge in [0.25, 0.3) is 0 Å². The molecule has 3 heteroatoms. The number of thiophene rings is 1. The Morgan fingerprint density at radius 2 is 2.20 bits per heavy atom. The van der Waals surface area contributed by atoms with Crippen LogP contribution in [0.25, 0.3) is 0 Å². The summed E-state index contributed by atoms with van der Waals surface area (Å²) < 4.78 is 0. The van der Waals surface area contributed by atoms with Crippen LogP contribution in [0.2, 0.25) is 0 Å². The van der Waals surface area contributed by atoms with Crippen molar-refractivity contribution < 1.29 is 5.11 Å². The van der Waals surface area contributed by atoms with Gasteiger partial charge in [-0.2, -0.15) is 0 Å². The van der Waals surface area contributed by atoms with E-state index in [9.17, 15) is 5.11 Å². The molecule has 0 fully saturated rings. The third-order valence-electron chi connectivity index (χ3n) is 3.22. The molecule has 0 radical (unpaired) electrons. The first kappa shape index (κ1) is 11.1. The maximum atomic E-state index is 10.1. The lowest BCUT2D eigenvalue weighted by molar-refractivity contribution is 0.125. The zero-order chi connectivity index (χ0) is 10.8. The molecule has 0 aromatic carbocycles. The minimum absolute atomic E-state index is 0.158. The first-order chi connectivity index (χ1) is 7.22. The van der Waals surface area contributed by atoms with Gasteiger partial charge in [-0.15, -0.1) is 11.3 Å². The van der Waals surface area contributed by atoms with Crippen molar-refractivity contribution in [3.63, 3.8) is 0 Å². The van der Waals surface area contributed by atoms with E-state index in [-0.39, 0.29) is 12.0 Å². The predicted molar refractivity (Wildman–Crippen MR) is 64.1 cm³/mol. The molecule has 0 aliphatic heterocycles. The summed E-state index contributed by atoms with van der Waals surface area (Å²) in [5.41, 5.74) is 7.04. The molecule has 1 aliphatic carbocycles. The van der Waals surface area contributed by atoms with Crippen molar-refractivity contribution in [2.75, 3.05) is 6.54 Å². The van der Waals surface area contributed by atoms with E-state index in [0.717, 1.165) is 4.88 Å². The van der Waals surface area contributed by atoms with Crippen LogP contribution in [0, 0.1) is 5.92 Å². The topological polar surface area (TPSA) is 46.2 Å². The van der Waals surface area contributed by atoms with Crippen LogP contribution < -0.4 is 5.73 Å². The molecule has 0 amide bonds. The second kappa shape index (κ2) is 4.64. The van der Waals surface area contributed by atoms with Crippen molar-refractivity contribution in [1.29, 1.82) is 0 Å². The third-order valence-corrected chi connectivity index (χ3v) is 4.53. The second-order valence-electron chi connectivity index (χ2n) is 4.46. The van der Waals surface area contributed by atoms with Crippen LogP contribution in [0.1, 0.15) is 41.2 Å². The molecular formula is C12H19NOS. The van der Waals surface area contributed by atoms with Crippen molar-refractivity contribution in [3.05, 3.63) is 21.4 Å². The zero-order valence-electron chi connectivity index (χ0n) is 9.20. The summed E-state index contributed by atoms with van der Waals surface area (Å²) >= 11 is 1.78. The Labute approximate surface area is 95.1 Å². The summed E-state index contributed by atoms with van der Waals surface area (Å²) in [5.74, 6) is 0.158. The molecule has 3 N–H and O–H groups in total. The average Bonchev–Trinajstić information content (AvgIpc) is 2.70. The van der Waals surface area contributed by atoms with Gasteiger partial charge in [-0.05, 0) is 49.8 Å². The van der Waals surface area contributed by atoms with E-state index in [4.69, 9.17) is 5.73 Å². The molecule has 15 heavy (non-hydrogen) atoms. The molecule has 1 heterocycles. The van der Waals surface area contributed by atoms with Crippen LogP contribution in [0.15, 0.2) is 6.07 Å². The summed E-state index contributed by atoms with van der Waals surface area (Å²) in [7, 11) is 0. The molecule has 1 aliphatic rings. The second-order valence-corrected chi connectivity index (χ2v) is 5.63. The van der Waals surface area contributed by atoms with Gasteiger partial charge in [-0.25, -0.2) is 0 Å². The van der Waals surface area contributed by atoms with Gasteiger partial charge in [0.2, 0.25) is 0 Å². The Kier molecular flexibility index (Phi) is 3.44. The highest BCUT2D eigenvalue weighted by atomic mass is 32.1. The summed E-state index contributed by atoms with van der Waals surface area (Å²) in [6, 6.07) is 2.19. The largest absolute Gasteiger partial charge is 0.387 e. The van der Waals surface area contributed by atoms with Gasteiger partial charge >= 0.3 is 0 Å². The quantitative estimate of drug-likeness (QED) is 0.829. The van der Waals surface area contributed by atoms with E-state index in [2.05, 4.69) is 6.07 Å². The average molecular weight is 225 g/mol. The minimum Gasteiger partial charge on any atom is -0.387 e. The standard InChI is InChI=1S/C12H19NOS/c1-8(7-13)12(14)11-6-9-4-2-3-5-10(9)15-11/h6,8,12,14H,2-5,7,13H2,1H3. The molecule has 2 atom stereocenters. The van der Waals surface area contributed by atoms with Gasteiger partial charge in [-0.1, -0.05) is 6.92 Å². The fourth-order valence-corrected chi connectivity index (χ4v) is 3.45. The lowest BCUT2D eigenvalue weighted by Gasteiger charge is -2.14. The Balaban J connectivity index is 2.18. The molecule has 1 aromatic rings. The Morgan fingerprint density at radius 3 is 2.87 bits per heavy atom. The maximum Gasteiger partial charge on any atom is 0.0919 e. The monoisotopic (exact) mass is 225 g/mol. The number of fused-ring (bicyclic) bond motifs is 1.